The molecular formula is C9H8BrFN4S. The summed E-state index contributed by atoms with van der Waals surface area (Å²) < 4.78 is 15.8. The Labute approximate surface area is 104 Å². The van der Waals surface area contributed by atoms with Gasteiger partial charge in [0.15, 0.2) is 0 Å². The quantitative estimate of drug-likeness (QED) is 0.817. The Hall–Kier alpha value is -0.950. The Balaban J connectivity index is 2.10. The maximum Gasteiger partial charge on any atom is 0.209 e. The second kappa shape index (κ2) is 4.92. The maximum atomic E-state index is 13.4. The molecule has 0 aliphatic heterocycles. The van der Waals surface area contributed by atoms with E-state index in [0.29, 0.717) is 16.5 Å². The first kappa shape index (κ1) is 11.5. The lowest BCUT2D eigenvalue weighted by Gasteiger charge is -2.02. The van der Waals surface area contributed by atoms with Gasteiger partial charge in [0.1, 0.15) is 5.82 Å². The van der Waals surface area contributed by atoms with Crippen molar-refractivity contribution >= 4 is 27.7 Å². The van der Waals surface area contributed by atoms with Gasteiger partial charge in [0, 0.05) is 17.3 Å². The zero-order valence-corrected chi connectivity index (χ0v) is 10.8. The molecule has 0 fully saturated rings. The number of tetrazole rings is 1. The molecule has 0 amide bonds. The van der Waals surface area contributed by atoms with Gasteiger partial charge in [-0.15, -0.1) is 5.10 Å². The van der Waals surface area contributed by atoms with Gasteiger partial charge in [-0.3, -0.25) is 0 Å². The van der Waals surface area contributed by atoms with E-state index in [2.05, 4.69) is 31.5 Å². The van der Waals surface area contributed by atoms with Gasteiger partial charge in [-0.2, -0.15) is 0 Å². The summed E-state index contributed by atoms with van der Waals surface area (Å²) in [6, 6.07) is 4.87. The minimum absolute atomic E-state index is 0.217. The van der Waals surface area contributed by atoms with E-state index in [1.807, 2.05) is 0 Å². The van der Waals surface area contributed by atoms with E-state index in [9.17, 15) is 4.39 Å². The number of hydrogen-bond donors (Lipinski definition) is 0. The molecule has 4 nitrogen and oxygen atoms in total. The lowest BCUT2D eigenvalue weighted by molar-refractivity contribution is 0.616. The van der Waals surface area contributed by atoms with Crippen molar-refractivity contribution in [2.24, 2.45) is 7.05 Å². The topological polar surface area (TPSA) is 43.6 Å². The number of aromatic nitrogens is 4. The molecule has 2 aromatic rings. The van der Waals surface area contributed by atoms with Crippen LogP contribution >= 0.6 is 27.7 Å². The van der Waals surface area contributed by atoms with E-state index < -0.39 is 0 Å². The van der Waals surface area contributed by atoms with E-state index in [-0.39, 0.29) is 5.82 Å². The highest BCUT2D eigenvalue weighted by Crippen LogP contribution is 2.23. The first-order chi connectivity index (χ1) is 7.66. The second-order valence-electron chi connectivity index (χ2n) is 3.11. The molecule has 0 atom stereocenters. The van der Waals surface area contributed by atoms with Crippen LogP contribution < -0.4 is 0 Å². The molecule has 16 heavy (non-hydrogen) atoms. The van der Waals surface area contributed by atoms with Crippen molar-refractivity contribution in [3.63, 3.8) is 0 Å². The van der Waals surface area contributed by atoms with Crippen molar-refractivity contribution in [3.8, 4) is 0 Å². The highest BCUT2D eigenvalue weighted by atomic mass is 79.9. The molecule has 0 N–H and O–H groups in total. The van der Waals surface area contributed by atoms with Gasteiger partial charge in [-0.1, -0.05) is 27.7 Å². The Bertz CT molecular complexity index is 502. The predicted octanol–water partition coefficient (Wildman–Crippen LogP) is 2.40. The molecule has 1 aromatic carbocycles. The van der Waals surface area contributed by atoms with Gasteiger partial charge < -0.3 is 0 Å². The predicted molar refractivity (Wildman–Crippen MR) is 62.5 cm³/mol. The molecule has 7 heteroatoms. The molecular weight excluding hydrogens is 295 g/mol. The van der Waals surface area contributed by atoms with Crippen molar-refractivity contribution in [3.05, 3.63) is 34.1 Å². The van der Waals surface area contributed by atoms with Crippen molar-refractivity contribution in [1.82, 2.24) is 20.2 Å². The van der Waals surface area contributed by atoms with Crippen LogP contribution in [0.5, 0.6) is 0 Å². The molecule has 0 bridgehead atoms. The maximum absolute atomic E-state index is 13.4. The lowest BCUT2D eigenvalue weighted by atomic mass is 10.2. The smallest absolute Gasteiger partial charge is 0.209 e. The normalized spacial score (nSPS) is 10.7. The SMILES string of the molecule is Cn1nnnc1SCc1cc(Br)ccc1F. The molecule has 1 aromatic heterocycles. The summed E-state index contributed by atoms with van der Waals surface area (Å²) in [5.41, 5.74) is 0.627. The van der Waals surface area contributed by atoms with E-state index in [4.69, 9.17) is 0 Å². The van der Waals surface area contributed by atoms with Crippen molar-refractivity contribution in [1.29, 1.82) is 0 Å². The van der Waals surface area contributed by atoms with Crippen molar-refractivity contribution in [2.75, 3.05) is 0 Å². The first-order valence-electron chi connectivity index (χ1n) is 4.46. The number of aryl methyl sites for hydroxylation is 1. The standard InChI is InChI=1S/C9H8BrFN4S/c1-15-9(12-13-14-15)16-5-6-4-7(10)2-3-8(6)11/h2-4H,5H2,1H3. The molecule has 1 heterocycles. The zero-order valence-electron chi connectivity index (χ0n) is 8.39. The van der Waals surface area contributed by atoms with Gasteiger partial charge in [-0.25, -0.2) is 9.07 Å². The van der Waals surface area contributed by atoms with Gasteiger partial charge in [0.2, 0.25) is 5.16 Å². The Kier molecular flexibility index (Phi) is 3.55. The van der Waals surface area contributed by atoms with Gasteiger partial charge in [0.05, 0.1) is 0 Å². The number of thioether (sulfide) groups is 1. The van der Waals surface area contributed by atoms with Crippen LogP contribution in [0.2, 0.25) is 0 Å². The van der Waals surface area contributed by atoms with Crippen molar-refractivity contribution in [2.45, 2.75) is 10.9 Å². The molecule has 0 unspecified atom stereocenters. The zero-order chi connectivity index (χ0) is 11.5. The summed E-state index contributed by atoms with van der Waals surface area (Å²) in [6.07, 6.45) is 0. The first-order valence-corrected chi connectivity index (χ1v) is 6.24. The summed E-state index contributed by atoms with van der Waals surface area (Å²) in [7, 11) is 1.75. The van der Waals surface area contributed by atoms with Gasteiger partial charge in [0.25, 0.3) is 0 Å². The van der Waals surface area contributed by atoms with Crippen molar-refractivity contribution < 1.29 is 4.39 Å². The molecule has 0 aliphatic carbocycles. The fourth-order valence-electron chi connectivity index (χ4n) is 1.14. The Morgan fingerprint density at radius 3 is 3.00 bits per heavy atom. The average Bonchev–Trinajstić information content (AvgIpc) is 2.66. The third kappa shape index (κ3) is 2.59. The van der Waals surface area contributed by atoms with Crippen LogP contribution in [0.15, 0.2) is 27.8 Å². The molecule has 0 aliphatic rings. The van der Waals surface area contributed by atoms with E-state index >= 15 is 0 Å². The fourth-order valence-corrected chi connectivity index (χ4v) is 2.37. The van der Waals surface area contributed by atoms with Crippen LogP contribution in [0.25, 0.3) is 0 Å². The van der Waals surface area contributed by atoms with Gasteiger partial charge >= 0.3 is 0 Å². The van der Waals surface area contributed by atoms with E-state index in [1.165, 1.54) is 17.8 Å². The largest absolute Gasteiger partial charge is 0.224 e. The number of hydrogen-bond acceptors (Lipinski definition) is 4. The van der Waals surface area contributed by atoms with Crippen LogP contribution in [-0.4, -0.2) is 20.2 Å². The number of nitrogens with zero attached hydrogens (tertiary/aromatic N) is 4. The molecule has 2 rings (SSSR count). The summed E-state index contributed by atoms with van der Waals surface area (Å²) >= 11 is 4.70. The van der Waals surface area contributed by atoms with Crippen LogP contribution in [0.3, 0.4) is 0 Å². The lowest BCUT2D eigenvalue weighted by Crippen LogP contribution is -1.94. The summed E-state index contributed by atoms with van der Waals surface area (Å²) in [6.45, 7) is 0. The summed E-state index contributed by atoms with van der Waals surface area (Å²) in [5, 5.41) is 11.7. The second-order valence-corrected chi connectivity index (χ2v) is 4.97. The Morgan fingerprint density at radius 1 is 1.50 bits per heavy atom. The average molecular weight is 303 g/mol. The van der Waals surface area contributed by atoms with Crippen LogP contribution in [0.4, 0.5) is 4.39 Å². The highest BCUT2D eigenvalue weighted by molar-refractivity contribution is 9.10. The summed E-state index contributed by atoms with van der Waals surface area (Å²) in [4.78, 5) is 0. The van der Waals surface area contributed by atoms with Crippen LogP contribution in [0.1, 0.15) is 5.56 Å². The molecule has 84 valence electrons. The van der Waals surface area contributed by atoms with Gasteiger partial charge in [-0.05, 0) is 34.2 Å². The number of benzene rings is 1. The van der Waals surface area contributed by atoms with Crippen LogP contribution in [0, 0.1) is 5.82 Å². The van der Waals surface area contributed by atoms with E-state index in [1.54, 1.807) is 23.9 Å². The van der Waals surface area contributed by atoms with Crippen LogP contribution in [-0.2, 0) is 12.8 Å². The molecule has 0 radical (unpaired) electrons. The highest BCUT2D eigenvalue weighted by Gasteiger charge is 2.07. The molecule has 0 spiro atoms. The summed E-state index contributed by atoms with van der Waals surface area (Å²) in [5.74, 6) is 0.283. The minimum Gasteiger partial charge on any atom is -0.224 e. The number of halogens is 2. The monoisotopic (exact) mass is 302 g/mol. The Morgan fingerprint density at radius 2 is 2.31 bits per heavy atom. The fraction of sp³-hybridized carbons (Fsp3) is 0.222. The third-order valence-corrected chi connectivity index (χ3v) is 3.50. The minimum atomic E-state index is -0.217. The third-order valence-electron chi connectivity index (χ3n) is 1.95. The number of rotatable bonds is 3. The molecule has 0 saturated heterocycles. The van der Waals surface area contributed by atoms with E-state index in [0.717, 1.165) is 4.47 Å². The molecule has 0 saturated carbocycles.